The van der Waals surface area contributed by atoms with E-state index < -0.39 is 0 Å². The molecular formula is C19H33IN4O. The van der Waals surface area contributed by atoms with Crippen molar-refractivity contribution < 1.29 is 4.74 Å². The topological polar surface area (TPSA) is 58.5 Å². The molecule has 1 heterocycles. The monoisotopic (exact) mass is 460 g/mol. The highest BCUT2D eigenvalue weighted by Crippen LogP contribution is 2.20. The minimum absolute atomic E-state index is 0. The van der Waals surface area contributed by atoms with Crippen molar-refractivity contribution in [3.05, 3.63) is 30.1 Å². The zero-order chi connectivity index (χ0) is 16.9. The van der Waals surface area contributed by atoms with E-state index in [-0.39, 0.29) is 24.0 Å². The quantitative estimate of drug-likeness (QED) is 0.256. The molecule has 0 spiro atoms. The van der Waals surface area contributed by atoms with Crippen molar-refractivity contribution in [3.8, 4) is 0 Å². The van der Waals surface area contributed by atoms with Gasteiger partial charge in [-0.3, -0.25) is 9.98 Å². The van der Waals surface area contributed by atoms with Gasteiger partial charge in [-0.25, -0.2) is 0 Å². The van der Waals surface area contributed by atoms with Crippen LogP contribution in [0, 0.1) is 0 Å². The summed E-state index contributed by atoms with van der Waals surface area (Å²) in [5.74, 6) is 0.881. The van der Waals surface area contributed by atoms with Crippen molar-refractivity contribution in [2.24, 2.45) is 4.99 Å². The van der Waals surface area contributed by atoms with Crippen LogP contribution in [0.25, 0.3) is 0 Å². The van der Waals surface area contributed by atoms with Crippen LogP contribution in [0.2, 0.25) is 0 Å². The van der Waals surface area contributed by atoms with Crippen LogP contribution in [0.1, 0.15) is 51.1 Å². The van der Waals surface area contributed by atoms with Crippen molar-refractivity contribution in [1.29, 1.82) is 0 Å². The molecule has 6 heteroatoms. The van der Waals surface area contributed by atoms with Crippen LogP contribution in [0.15, 0.2) is 29.4 Å². The van der Waals surface area contributed by atoms with Crippen molar-refractivity contribution in [3.63, 3.8) is 0 Å². The first-order valence-corrected chi connectivity index (χ1v) is 9.42. The Balaban J connectivity index is 0.00000312. The van der Waals surface area contributed by atoms with Crippen molar-refractivity contribution >= 4 is 29.9 Å². The highest BCUT2D eigenvalue weighted by atomic mass is 127. The smallest absolute Gasteiger partial charge is 0.191 e. The Labute approximate surface area is 169 Å². The second-order valence-electron chi connectivity index (χ2n) is 6.24. The summed E-state index contributed by atoms with van der Waals surface area (Å²) in [7, 11) is 0. The standard InChI is InChI=1S/C19H32N4O.HI/c1-2-20-19(23-15-12-17-9-6-7-13-21-17)22-14-8-16-24-18-10-4-3-5-11-18;/h6-7,9,13,18H,2-5,8,10-12,14-16H2,1H3,(H2,20,22,23);1H. The molecule has 1 aromatic heterocycles. The van der Waals surface area contributed by atoms with Gasteiger partial charge < -0.3 is 15.4 Å². The Bertz CT molecular complexity index is 464. The SMILES string of the molecule is CCNC(=NCCCOC1CCCCC1)NCCc1ccccn1.I. The number of rotatable bonds is 9. The Morgan fingerprint density at radius 1 is 1.24 bits per heavy atom. The van der Waals surface area contributed by atoms with E-state index in [1.807, 2.05) is 24.4 Å². The maximum absolute atomic E-state index is 5.95. The largest absolute Gasteiger partial charge is 0.378 e. The molecule has 0 aromatic carbocycles. The highest BCUT2D eigenvalue weighted by molar-refractivity contribution is 14.0. The molecular weight excluding hydrogens is 427 g/mol. The van der Waals surface area contributed by atoms with Gasteiger partial charge in [0.2, 0.25) is 0 Å². The lowest BCUT2D eigenvalue weighted by Crippen LogP contribution is -2.38. The minimum atomic E-state index is 0. The third-order valence-electron chi connectivity index (χ3n) is 4.22. The van der Waals surface area contributed by atoms with Crippen LogP contribution in [0.4, 0.5) is 0 Å². The number of guanidine groups is 1. The summed E-state index contributed by atoms with van der Waals surface area (Å²) in [6.45, 7) is 5.41. The lowest BCUT2D eigenvalue weighted by molar-refractivity contribution is 0.0281. The van der Waals surface area contributed by atoms with E-state index in [2.05, 4.69) is 27.5 Å². The van der Waals surface area contributed by atoms with Gasteiger partial charge in [0.05, 0.1) is 6.10 Å². The van der Waals surface area contributed by atoms with Crippen LogP contribution in [-0.2, 0) is 11.2 Å². The molecule has 1 aliphatic carbocycles. The molecule has 2 rings (SSSR count). The highest BCUT2D eigenvalue weighted by Gasteiger charge is 2.12. The fourth-order valence-electron chi connectivity index (χ4n) is 2.93. The molecule has 1 fully saturated rings. The Kier molecular flexibility index (Phi) is 12.7. The number of nitrogens with zero attached hydrogens (tertiary/aromatic N) is 2. The van der Waals surface area contributed by atoms with Gasteiger partial charge in [0, 0.05) is 44.6 Å². The van der Waals surface area contributed by atoms with E-state index in [9.17, 15) is 0 Å². The number of aliphatic imine (C=N–C) groups is 1. The molecule has 25 heavy (non-hydrogen) atoms. The summed E-state index contributed by atoms with van der Waals surface area (Å²) in [5, 5.41) is 6.65. The van der Waals surface area contributed by atoms with E-state index in [1.54, 1.807) is 0 Å². The number of hydrogen-bond acceptors (Lipinski definition) is 3. The normalized spacial score (nSPS) is 15.5. The fourth-order valence-corrected chi connectivity index (χ4v) is 2.93. The predicted octanol–water partition coefficient (Wildman–Crippen LogP) is 3.54. The zero-order valence-electron chi connectivity index (χ0n) is 15.4. The maximum atomic E-state index is 5.95. The van der Waals surface area contributed by atoms with Gasteiger partial charge in [0.25, 0.3) is 0 Å². The second-order valence-corrected chi connectivity index (χ2v) is 6.24. The number of ether oxygens (including phenoxy) is 1. The number of nitrogens with one attached hydrogen (secondary N) is 2. The number of pyridine rings is 1. The number of aromatic nitrogens is 1. The van der Waals surface area contributed by atoms with Crippen LogP contribution >= 0.6 is 24.0 Å². The van der Waals surface area contributed by atoms with E-state index in [4.69, 9.17) is 4.74 Å². The molecule has 0 radical (unpaired) electrons. The maximum Gasteiger partial charge on any atom is 0.191 e. The average Bonchev–Trinajstić information content (AvgIpc) is 2.63. The summed E-state index contributed by atoms with van der Waals surface area (Å²) in [6.07, 6.45) is 10.7. The molecule has 0 bridgehead atoms. The third kappa shape index (κ3) is 9.99. The predicted molar refractivity (Wildman–Crippen MR) is 115 cm³/mol. The van der Waals surface area contributed by atoms with Crippen LogP contribution in [0.5, 0.6) is 0 Å². The number of halogens is 1. The lowest BCUT2D eigenvalue weighted by atomic mass is 9.98. The Morgan fingerprint density at radius 2 is 2.08 bits per heavy atom. The third-order valence-corrected chi connectivity index (χ3v) is 4.22. The first-order valence-electron chi connectivity index (χ1n) is 9.42. The van der Waals surface area contributed by atoms with E-state index in [1.165, 1.54) is 32.1 Å². The minimum Gasteiger partial charge on any atom is -0.378 e. The van der Waals surface area contributed by atoms with Crippen molar-refractivity contribution in [1.82, 2.24) is 15.6 Å². The summed E-state index contributed by atoms with van der Waals surface area (Å²) >= 11 is 0. The van der Waals surface area contributed by atoms with Gasteiger partial charge in [0.15, 0.2) is 5.96 Å². The van der Waals surface area contributed by atoms with Gasteiger partial charge in [-0.2, -0.15) is 0 Å². The van der Waals surface area contributed by atoms with Crippen LogP contribution < -0.4 is 10.6 Å². The fraction of sp³-hybridized carbons (Fsp3) is 0.684. The molecule has 0 atom stereocenters. The molecule has 1 saturated carbocycles. The molecule has 0 amide bonds. The Morgan fingerprint density at radius 3 is 2.80 bits per heavy atom. The summed E-state index contributed by atoms with van der Waals surface area (Å²) < 4.78 is 5.95. The summed E-state index contributed by atoms with van der Waals surface area (Å²) in [5.41, 5.74) is 1.10. The van der Waals surface area contributed by atoms with E-state index in [0.717, 1.165) is 50.7 Å². The number of hydrogen-bond donors (Lipinski definition) is 2. The molecule has 2 N–H and O–H groups in total. The molecule has 5 nitrogen and oxygen atoms in total. The lowest BCUT2D eigenvalue weighted by Gasteiger charge is -2.21. The van der Waals surface area contributed by atoms with Gasteiger partial charge in [-0.15, -0.1) is 24.0 Å². The van der Waals surface area contributed by atoms with Gasteiger partial charge in [-0.1, -0.05) is 25.3 Å². The Hall–Kier alpha value is -0.890. The second kappa shape index (κ2) is 14.3. The van der Waals surface area contributed by atoms with Crippen LogP contribution in [0.3, 0.4) is 0 Å². The van der Waals surface area contributed by atoms with Crippen molar-refractivity contribution in [2.75, 3.05) is 26.2 Å². The molecule has 0 aliphatic heterocycles. The summed E-state index contributed by atoms with van der Waals surface area (Å²) in [4.78, 5) is 8.96. The van der Waals surface area contributed by atoms with Crippen molar-refractivity contribution in [2.45, 2.75) is 58.0 Å². The first kappa shape index (κ1) is 22.2. The van der Waals surface area contributed by atoms with Crippen LogP contribution in [-0.4, -0.2) is 43.3 Å². The van der Waals surface area contributed by atoms with Gasteiger partial charge in [-0.05, 0) is 38.3 Å². The zero-order valence-corrected chi connectivity index (χ0v) is 17.7. The molecule has 1 aliphatic rings. The molecule has 0 saturated heterocycles. The van der Waals surface area contributed by atoms with Gasteiger partial charge >= 0.3 is 0 Å². The van der Waals surface area contributed by atoms with Gasteiger partial charge in [0.1, 0.15) is 0 Å². The van der Waals surface area contributed by atoms with E-state index in [0.29, 0.717) is 6.10 Å². The molecule has 142 valence electrons. The molecule has 0 unspecified atom stereocenters. The average molecular weight is 460 g/mol. The van der Waals surface area contributed by atoms with E-state index >= 15 is 0 Å². The first-order chi connectivity index (χ1) is 11.9. The summed E-state index contributed by atoms with van der Waals surface area (Å²) in [6, 6.07) is 6.01. The molecule has 1 aromatic rings.